The molecule has 0 saturated carbocycles. The SMILES string of the molecule is [2H][C@H](C)[C@@H](/C=C/C)n1c(=O)n(-c2ccccc2)c(=O)n1[2H]. The summed E-state index contributed by atoms with van der Waals surface area (Å²) in [6, 6.07) is 7.79. The first-order valence-electron chi connectivity index (χ1n) is 7.07. The van der Waals surface area contributed by atoms with Gasteiger partial charge in [-0.05, 0) is 25.5 Å². The molecule has 0 spiro atoms. The summed E-state index contributed by atoms with van der Waals surface area (Å²) >= 11 is 0. The van der Waals surface area contributed by atoms with Crippen molar-refractivity contribution in [1.82, 2.24) is 14.3 Å². The van der Waals surface area contributed by atoms with Gasteiger partial charge >= 0.3 is 11.4 Å². The summed E-state index contributed by atoms with van der Waals surface area (Å²) in [5, 5.41) is 0.519. The maximum Gasteiger partial charge on any atom is 0.352 e. The van der Waals surface area contributed by atoms with Crippen molar-refractivity contribution in [1.29, 1.82) is 0 Å². The van der Waals surface area contributed by atoms with Gasteiger partial charge < -0.3 is 0 Å². The zero-order valence-corrected chi connectivity index (χ0v) is 10.9. The molecule has 2 aromatic rings. The molecule has 0 unspecified atom stereocenters. The molecule has 100 valence electrons. The van der Waals surface area contributed by atoms with Crippen LogP contribution in [0.1, 0.15) is 27.7 Å². The molecule has 0 aliphatic heterocycles. The minimum atomic E-state index is -0.749. The molecule has 1 heterocycles. The highest BCUT2D eigenvalue weighted by atomic mass is 16.2. The van der Waals surface area contributed by atoms with Gasteiger partial charge in [-0.2, -0.15) is 0 Å². The minimum Gasteiger partial charge on any atom is -0.246 e. The van der Waals surface area contributed by atoms with Gasteiger partial charge in [0.15, 0.2) is 1.41 Å². The van der Waals surface area contributed by atoms with Crippen LogP contribution in [0.2, 0.25) is 1.41 Å². The van der Waals surface area contributed by atoms with Gasteiger partial charge in [0.2, 0.25) is 0 Å². The molecule has 2 atom stereocenters. The lowest BCUT2D eigenvalue weighted by Gasteiger charge is -2.09. The average Bonchev–Trinajstić information content (AvgIpc) is 2.68. The maximum atomic E-state index is 12.5. The Balaban J connectivity index is 2.72. The highest BCUT2D eigenvalue weighted by Crippen LogP contribution is 2.08. The predicted octanol–water partition coefficient (Wildman–Crippen LogP) is 1.85. The number of hydrogen-bond acceptors (Lipinski definition) is 2. The molecular formula is C14H17N3O2. The van der Waals surface area contributed by atoms with Gasteiger partial charge in [0, 0.05) is 1.37 Å². The van der Waals surface area contributed by atoms with Gasteiger partial charge in [-0.15, -0.1) is 0 Å². The molecule has 0 radical (unpaired) electrons. The van der Waals surface area contributed by atoms with E-state index in [0.717, 1.165) is 9.25 Å². The highest BCUT2D eigenvalue weighted by molar-refractivity contribution is 5.30. The number of nitrogens with zero attached hydrogens (tertiary/aromatic N) is 2. The molecule has 0 saturated heterocycles. The minimum absolute atomic E-state index is 0.407. The van der Waals surface area contributed by atoms with E-state index in [2.05, 4.69) is 0 Å². The molecule has 1 aromatic heterocycles. The van der Waals surface area contributed by atoms with Crippen molar-refractivity contribution in [2.45, 2.75) is 26.3 Å². The van der Waals surface area contributed by atoms with Gasteiger partial charge in [0.25, 0.3) is 0 Å². The Bertz CT molecular complexity index is 757. The quantitative estimate of drug-likeness (QED) is 0.854. The van der Waals surface area contributed by atoms with E-state index in [1.54, 1.807) is 56.3 Å². The first-order valence-corrected chi connectivity index (χ1v) is 6.05. The molecule has 0 bridgehead atoms. The molecule has 5 heteroatoms. The van der Waals surface area contributed by atoms with Crippen LogP contribution in [0, 0.1) is 0 Å². The third-order valence-corrected chi connectivity index (χ3v) is 2.80. The second-order valence-electron chi connectivity index (χ2n) is 4.03. The summed E-state index contributed by atoms with van der Waals surface area (Å²) in [4.78, 5) is 24.7. The number of hydrogen-bond donors (Lipinski definition) is 1. The fourth-order valence-electron chi connectivity index (χ4n) is 1.89. The monoisotopic (exact) mass is 261 g/mol. The Kier molecular flexibility index (Phi) is 3.10. The van der Waals surface area contributed by atoms with Crippen LogP contribution in [-0.2, 0) is 0 Å². The maximum absolute atomic E-state index is 12.5. The first kappa shape index (κ1) is 10.6. The molecule has 0 aliphatic carbocycles. The number of para-hydroxylation sites is 1. The summed E-state index contributed by atoms with van der Waals surface area (Å²) in [5.74, 6) is 0. The van der Waals surface area contributed by atoms with Crippen LogP contribution in [0.15, 0.2) is 52.1 Å². The van der Waals surface area contributed by atoms with Crippen LogP contribution in [-0.4, -0.2) is 14.3 Å². The number of allylic oxidation sites excluding steroid dienone is 2. The predicted molar refractivity (Wildman–Crippen MR) is 74.8 cm³/mol. The highest BCUT2D eigenvalue weighted by Gasteiger charge is 2.15. The number of benzene rings is 1. The second-order valence-corrected chi connectivity index (χ2v) is 4.03. The summed E-state index contributed by atoms with van der Waals surface area (Å²) in [5.41, 5.74) is -0.964. The van der Waals surface area contributed by atoms with Gasteiger partial charge in [0.05, 0.1) is 11.7 Å². The van der Waals surface area contributed by atoms with Crippen molar-refractivity contribution >= 4 is 0 Å². The Morgan fingerprint density at radius 2 is 2.11 bits per heavy atom. The lowest BCUT2D eigenvalue weighted by molar-refractivity contribution is 0.502. The molecule has 19 heavy (non-hydrogen) atoms. The van der Waals surface area contributed by atoms with Crippen LogP contribution in [0.5, 0.6) is 0 Å². The Morgan fingerprint density at radius 3 is 2.68 bits per heavy atom. The normalized spacial score (nSPS) is 16.1. The van der Waals surface area contributed by atoms with Crippen molar-refractivity contribution in [2.75, 3.05) is 0 Å². The molecule has 1 aromatic carbocycles. The van der Waals surface area contributed by atoms with E-state index >= 15 is 0 Å². The van der Waals surface area contributed by atoms with Crippen LogP contribution in [0.4, 0.5) is 0 Å². The first-order chi connectivity index (χ1) is 9.99. The van der Waals surface area contributed by atoms with Crippen LogP contribution >= 0.6 is 0 Å². The molecule has 0 aliphatic rings. The largest absolute Gasteiger partial charge is 0.352 e. The van der Waals surface area contributed by atoms with E-state index in [1.807, 2.05) is 0 Å². The van der Waals surface area contributed by atoms with E-state index in [9.17, 15) is 9.59 Å². The zero-order chi connectivity index (χ0) is 15.6. The third-order valence-electron chi connectivity index (χ3n) is 2.80. The van der Waals surface area contributed by atoms with Gasteiger partial charge in [-0.3, -0.25) is 0 Å². The number of aromatic amines is 1. The average molecular weight is 261 g/mol. The van der Waals surface area contributed by atoms with E-state index in [-0.39, 0.29) is 0 Å². The van der Waals surface area contributed by atoms with Gasteiger partial charge in [-0.1, -0.05) is 37.3 Å². The van der Waals surface area contributed by atoms with Crippen molar-refractivity contribution < 1.29 is 2.78 Å². The van der Waals surface area contributed by atoms with Crippen molar-refractivity contribution in [3.05, 3.63) is 63.5 Å². The standard InChI is InChI=1S/C14H17N3O2/c1-3-8-11(4-2)17-14(19)16(13(18)15-17)12-9-6-5-7-10-12/h3,5-11H,4H2,1-2H3,(H,15,18)/b8-3+/t11-/m0/s1/i4D/hD/t4-,11+/m1. The smallest absolute Gasteiger partial charge is 0.246 e. The zero-order valence-electron chi connectivity index (χ0n) is 12.9. The molecular weight excluding hydrogens is 242 g/mol. The summed E-state index contributed by atoms with van der Waals surface area (Å²) in [7, 11) is 0. The van der Waals surface area contributed by atoms with E-state index in [0.29, 0.717) is 10.8 Å². The number of H-pyrrole nitrogens is 1. The number of rotatable bonds is 4. The summed E-state index contributed by atoms with van der Waals surface area (Å²) in [6.45, 7) is 3.38. The van der Waals surface area contributed by atoms with Crippen LogP contribution in [0.3, 0.4) is 0 Å². The second kappa shape index (κ2) is 5.56. The molecule has 2 rings (SSSR count). The van der Waals surface area contributed by atoms with E-state index in [1.165, 1.54) is 0 Å². The van der Waals surface area contributed by atoms with Crippen molar-refractivity contribution in [3.63, 3.8) is 0 Å². The van der Waals surface area contributed by atoms with E-state index < -0.39 is 23.8 Å². The van der Waals surface area contributed by atoms with E-state index in [4.69, 9.17) is 2.78 Å². The molecule has 1 N–H and O–H groups in total. The molecule has 0 amide bonds. The summed E-state index contributed by atoms with van der Waals surface area (Å²) < 4.78 is 17.6. The number of nitrogens with one attached hydrogen (secondary N) is 1. The Hall–Kier alpha value is -2.30. The van der Waals surface area contributed by atoms with Gasteiger partial charge in [0.1, 0.15) is 0 Å². The van der Waals surface area contributed by atoms with Crippen LogP contribution < -0.4 is 11.4 Å². The molecule has 5 nitrogen and oxygen atoms in total. The summed E-state index contributed by atoms with van der Waals surface area (Å²) in [6.07, 6.45) is 2.67. The molecule has 0 fully saturated rings. The van der Waals surface area contributed by atoms with Crippen molar-refractivity contribution in [3.8, 4) is 5.69 Å². The fourth-order valence-corrected chi connectivity index (χ4v) is 1.89. The lowest BCUT2D eigenvalue weighted by Crippen LogP contribution is -2.28. The Morgan fingerprint density at radius 1 is 1.42 bits per heavy atom. The number of aromatic nitrogens is 3. The topological polar surface area (TPSA) is 59.8 Å². The van der Waals surface area contributed by atoms with Crippen molar-refractivity contribution in [2.24, 2.45) is 0 Å². The third kappa shape index (κ3) is 2.45. The van der Waals surface area contributed by atoms with Crippen LogP contribution in [0.25, 0.3) is 5.69 Å². The fraction of sp³-hybridized carbons (Fsp3) is 0.286. The lowest BCUT2D eigenvalue weighted by atomic mass is 10.2. The Labute approximate surface area is 113 Å². The van der Waals surface area contributed by atoms with Gasteiger partial charge in [-0.25, -0.2) is 23.9 Å².